The molecule has 0 saturated heterocycles. The molecule has 0 bridgehead atoms. The van der Waals surface area contributed by atoms with Crippen LogP contribution in [0.2, 0.25) is 5.02 Å². The average molecular weight is 413 g/mol. The average Bonchev–Trinajstić information content (AvgIpc) is 3.31. The molecular formula is C19H17ClN6OS. The van der Waals surface area contributed by atoms with E-state index >= 15 is 0 Å². The molecule has 0 aliphatic carbocycles. The van der Waals surface area contributed by atoms with Crippen LogP contribution < -0.4 is 5.32 Å². The lowest BCUT2D eigenvalue weighted by Crippen LogP contribution is -2.14. The van der Waals surface area contributed by atoms with Gasteiger partial charge in [0.1, 0.15) is 6.33 Å². The highest BCUT2D eigenvalue weighted by Gasteiger charge is 2.14. The van der Waals surface area contributed by atoms with Crippen molar-refractivity contribution in [2.24, 2.45) is 0 Å². The summed E-state index contributed by atoms with van der Waals surface area (Å²) in [7, 11) is 0. The number of aromatic nitrogens is 5. The summed E-state index contributed by atoms with van der Waals surface area (Å²) in [6.45, 7) is 3.88. The molecule has 0 spiro atoms. The van der Waals surface area contributed by atoms with Crippen LogP contribution in [0.15, 0.2) is 36.0 Å². The zero-order chi connectivity index (χ0) is 19.7. The van der Waals surface area contributed by atoms with E-state index in [0.29, 0.717) is 28.8 Å². The summed E-state index contributed by atoms with van der Waals surface area (Å²) in [6, 6.07) is 7.50. The third-order valence-corrected chi connectivity index (χ3v) is 5.58. The maximum atomic E-state index is 12.4. The van der Waals surface area contributed by atoms with Gasteiger partial charge in [-0.3, -0.25) is 4.79 Å². The molecule has 4 aromatic rings. The maximum absolute atomic E-state index is 12.4. The zero-order valence-corrected chi connectivity index (χ0v) is 16.9. The molecule has 142 valence electrons. The van der Waals surface area contributed by atoms with E-state index in [1.807, 2.05) is 43.5 Å². The van der Waals surface area contributed by atoms with Crippen molar-refractivity contribution in [2.45, 2.75) is 26.7 Å². The number of amides is 1. The number of aryl methyl sites for hydroxylation is 2. The SMILES string of the molecule is Cc1nc2ncnn2c(C)c1CCC(=O)Nc1nc(-c2ccccc2Cl)cs1. The fraction of sp³-hybridized carbons (Fsp3) is 0.211. The molecular weight excluding hydrogens is 396 g/mol. The Morgan fingerprint density at radius 1 is 1.25 bits per heavy atom. The van der Waals surface area contributed by atoms with Gasteiger partial charge >= 0.3 is 0 Å². The van der Waals surface area contributed by atoms with Gasteiger partial charge in [-0.1, -0.05) is 29.8 Å². The zero-order valence-electron chi connectivity index (χ0n) is 15.3. The van der Waals surface area contributed by atoms with Gasteiger partial charge in [0.25, 0.3) is 5.78 Å². The third kappa shape index (κ3) is 3.61. The van der Waals surface area contributed by atoms with E-state index in [0.717, 1.165) is 28.2 Å². The largest absolute Gasteiger partial charge is 0.302 e. The summed E-state index contributed by atoms with van der Waals surface area (Å²) in [4.78, 5) is 25.4. The second-order valence-corrected chi connectivity index (χ2v) is 7.56. The molecule has 9 heteroatoms. The van der Waals surface area contributed by atoms with E-state index < -0.39 is 0 Å². The summed E-state index contributed by atoms with van der Waals surface area (Å²) in [5.74, 6) is 0.468. The molecule has 3 aromatic heterocycles. The number of thiazole rings is 1. The van der Waals surface area contributed by atoms with E-state index in [-0.39, 0.29) is 5.91 Å². The molecule has 7 nitrogen and oxygen atoms in total. The normalized spacial score (nSPS) is 11.1. The minimum atomic E-state index is -0.0995. The summed E-state index contributed by atoms with van der Waals surface area (Å²) in [5, 5.41) is 10.1. The predicted octanol–water partition coefficient (Wildman–Crippen LogP) is 4.09. The van der Waals surface area contributed by atoms with Crippen LogP contribution in [0.25, 0.3) is 17.0 Å². The first-order valence-electron chi connectivity index (χ1n) is 8.69. The Labute approximate surface area is 170 Å². The first-order valence-corrected chi connectivity index (χ1v) is 9.95. The van der Waals surface area contributed by atoms with E-state index in [9.17, 15) is 4.79 Å². The summed E-state index contributed by atoms with van der Waals surface area (Å²) in [5.41, 5.74) is 4.41. The van der Waals surface area contributed by atoms with Crippen molar-refractivity contribution in [2.75, 3.05) is 5.32 Å². The van der Waals surface area contributed by atoms with E-state index in [1.54, 1.807) is 4.52 Å². The number of carbonyl (C=O) groups excluding carboxylic acids is 1. The first-order chi connectivity index (χ1) is 13.5. The second kappa shape index (κ2) is 7.65. The molecule has 4 rings (SSSR count). The number of hydrogen-bond donors (Lipinski definition) is 1. The van der Waals surface area contributed by atoms with Crippen LogP contribution in [0.1, 0.15) is 23.4 Å². The Morgan fingerprint density at radius 3 is 2.89 bits per heavy atom. The molecule has 0 radical (unpaired) electrons. The smallest absolute Gasteiger partial charge is 0.252 e. The Kier molecular flexibility index (Phi) is 5.06. The minimum Gasteiger partial charge on any atom is -0.302 e. The van der Waals surface area contributed by atoms with Crippen LogP contribution in [-0.4, -0.2) is 30.5 Å². The lowest BCUT2D eigenvalue weighted by molar-refractivity contribution is -0.116. The fourth-order valence-corrected chi connectivity index (χ4v) is 4.02. The standard InChI is InChI=1S/C19H17ClN6OS/c1-11-13(12(2)26-18(23-11)21-10-22-26)7-8-17(27)25-19-24-16(9-28-19)14-5-3-4-6-15(14)20/h3-6,9-10H,7-8H2,1-2H3,(H,24,25,27). The van der Waals surface area contributed by atoms with Gasteiger partial charge in [0.2, 0.25) is 5.91 Å². The fourth-order valence-electron chi connectivity index (χ4n) is 3.06. The van der Waals surface area contributed by atoms with Crippen molar-refractivity contribution in [3.63, 3.8) is 0 Å². The molecule has 1 N–H and O–H groups in total. The number of nitrogens with one attached hydrogen (secondary N) is 1. The van der Waals surface area contributed by atoms with Crippen molar-refractivity contribution in [3.8, 4) is 11.3 Å². The predicted molar refractivity (Wildman–Crippen MR) is 110 cm³/mol. The van der Waals surface area contributed by atoms with Gasteiger partial charge in [-0.2, -0.15) is 10.1 Å². The number of rotatable bonds is 5. The molecule has 28 heavy (non-hydrogen) atoms. The van der Waals surface area contributed by atoms with E-state index in [1.165, 1.54) is 17.7 Å². The highest BCUT2D eigenvalue weighted by atomic mass is 35.5. The monoisotopic (exact) mass is 412 g/mol. The van der Waals surface area contributed by atoms with Crippen molar-refractivity contribution >= 4 is 39.8 Å². The summed E-state index contributed by atoms with van der Waals surface area (Å²) < 4.78 is 1.69. The summed E-state index contributed by atoms with van der Waals surface area (Å²) >= 11 is 7.59. The maximum Gasteiger partial charge on any atom is 0.252 e. The Hall–Kier alpha value is -2.84. The topological polar surface area (TPSA) is 85.1 Å². The number of nitrogens with zero attached hydrogens (tertiary/aromatic N) is 5. The molecule has 0 unspecified atom stereocenters. The van der Waals surface area contributed by atoms with Gasteiger partial charge in [-0.05, 0) is 31.9 Å². The number of halogens is 1. The van der Waals surface area contributed by atoms with Gasteiger partial charge in [0.15, 0.2) is 5.13 Å². The van der Waals surface area contributed by atoms with Gasteiger partial charge in [0.05, 0.1) is 5.69 Å². The number of anilines is 1. The molecule has 0 saturated carbocycles. The van der Waals surface area contributed by atoms with Crippen LogP contribution in [0.5, 0.6) is 0 Å². The van der Waals surface area contributed by atoms with Crippen LogP contribution in [0.4, 0.5) is 5.13 Å². The Balaban J connectivity index is 1.44. The quantitative estimate of drug-likeness (QED) is 0.533. The molecule has 0 aliphatic heterocycles. The van der Waals surface area contributed by atoms with Crippen molar-refractivity contribution in [1.82, 2.24) is 24.6 Å². The van der Waals surface area contributed by atoms with Crippen molar-refractivity contribution < 1.29 is 4.79 Å². The van der Waals surface area contributed by atoms with Crippen molar-refractivity contribution in [3.05, 3.63) is 57.9 Å². The van der Waals surface area contributed by atoms with Gasteiger partial charge in [0, 0.05) is 33.8 Å². The van der Waals surface area contributed by atoms with Gasteiger partial charge in [-0.15, -0.1) is 11.3 Å². The number of hydrogen-bond acceptors (Lipinski definition) is 6. The third-order valence-electron chi connectivity index (χ3n) is 4.49. The molecule has 0 fully saturated rings. The van der Waals surface area contributed by atoms with Crippen LogP contribution in [0, 0.1) is 13.8 Å². The molecule has 0 atom stereocenters. The number of carbonyl (C=O) groups is 1. The lowest BCUT2D eigenvalue weighted by Gasteiger charge is -2.10. The Bertz CT molecular complexity index is 1170. The molecule has 1 aromatic carbocycles. The second-order valence-electron chi connectivity index (χ2n) is 6.30. The van der Waals surface area contributed by atoms with Crippen molar-refractivity contribution in [1.29, 1.82) is 0 Å². The van der Waals surface area contributed by atoms with Crippen LogP contribution in [-0.2, 0) is 11.2 Å². The molecule has 3 heterocycles. The van der Waals surface area contributed by atoms with E-state index in [4.69, 9.17) is 11.6 Å². The molecule has 1 amide bonds. The number of fused-ring (bicyclic) bond motifs is 1. The minimum absolute atomic E-state index is 0.0995. The van der Waals surface area contributed by atoms with Gasteiger partial charge in [-0.25, -0.2) is 14.5 Å². The number of benzene rings is 1. The first kappa shape index (κ1) is 18.5. The Morgan fingerprint density at radius 2 is 2.07 bits per heavy atom. The van der Waals surface area contributed by atoms with E-state index in [2.05, 4.69) is 25.4 Å². The summed E-state index contributed by atoms with van der Waals surface area (Å²) in [6.07, 6.45) is 2.36. The van der Waals surface area contributed by atoms with Crippen LogP contribution >= 0.6 is 22.9 Å². The highest BCUT2D eigenvalue weighted by Crippen LogP contribution is 2.30. The van der Waals surface area contributed by atoms with Gasteiger partial charge < -0.3 is 5.32 Å². The highest BCUT2D eigenvalue weighted by molar-refractivity contribution is 7.14. The van der Waals surface area contributed by atoms with Crippen LogP contribution in [0.3, 0.4) is 0 Å². The molecule has 0 aliphatic rings. The lowest BCUT2D eigenvalue weighted by atomic mass is 10.1.